The van der Waals surface area contributed by atoms with Crippen LogP contribution in [0.4, 0.5) is 0 Å². The van der Waals surface area contributed by atoms with Crippen LogP contribution in [0, 0.1) is 5.92 Å². The van der Waals surface area contributed by atoms with Crippen LogP contribution in [-0.2, 0) is 11.3 Å². The Balaban J connectivity index is 1.27. The molecule has 3 heterocycles. The minimum Gasteiger partial charge on any atom is -0.467 e. The smallest absolute Gasteiger partial charge is 0.256 e. The monoisotopic (exact) mass is 354 g/mol. The quantitative estimate of drug-likeness (QED) is 0.888. The molecule has 0 aromatic carbocycles. The molecule has 1 aliphatic carbocycles. The van der Waals surface area contributed by atoms with Gasteiger partial charge in [0.25, 0.3) is 5.91 Å². The molecule has 0 atom stereocenters. The maximum atomic E-state index is 12.6. The maximum Gasteiger partial charge on any atom is 0.256 e. The molecule has 26 heavy (non-hydrogen) atoms. The van der Waals surface area contributed by atoms with E-state index in [9.17, 15) is 9.59 Å². The van der Waals surface area contributed by atoms with Gasteiger partial charge in [-0.15, -0.1) is 0 Å². The number of nitrogens with zero attached hydrogens (tertiary/aromatic N) is 3. The summed E-state index contributed by atoms with van der Waals surface area (Å²) in [6, 6.07) is 3.63. The van der Waals surface area contributed by atoms with Gasteiger partial charge in [-0.3, -0.25) is 9.59 Å². The zero-order chi connectivity index (χ0) is 17.9. The SMILES string of the molecule is O=C(NCc1ccco1)C1CCN(C(=O)c2cnc(C3CC3)nc2)CC1. The molecule has 2 fully saturated rings. The summed E-state index contributed by atoms with van der Waals surface area (Å²) in [6.45, 7) is 1.54. The van der Waals surface area contributed by atoms with Crippen molar-refractivity contribution in [2.75, 3.05) is 13.1 Å². The lowest BCUT2D eigenvalue weighted by Gasteiger charge is -2.31. The Hall–Kier alpha value is -2.70. The van der Waals surface area contributed by atoms with Gasteiger partial charge in [0.15, 0.2) is 0 Å². The lowest BCUT2D eigenvalue weighted by molar-refractivity contribution is -0.126. The van der Waals surface area contributed by atoms with E-state index in [0.29, 0.717) is 44.0 Å². The highest BCUT2D eigenvalue weighted by Gasteiger charge is 2.29. The van der Waals surface area contributed by atoms with Crippen LogP contribution in [-0.4, -0.2) is 39.8 Å². The molecular weight excluding hydrogens is 332 g/mol. The van der Waals surface area contributed by atoms with Gasteiger partial charge >= 0.3 is 0 Å². The van der Waals surface area contributed by atoms with Gasteiger partial charge in [0.05, 0.1) is 18.4 Å². The van der Waals surface area contributed by atoms with Crippen molar-refractivity contribution in [2.45, 2.75) is 38.1 Å². The molecule has 2 aromatic rings. The van der Waals surface area contributed by atoms with Gasteiger partial charge in [-0.2, -0.15) is 0 Å². The summed E-state index contributed by atoms with van der Waals surface area (Å²) in [7, 11) is 0. The number of furan rings is 1. The minimum atomic E-state index is -0.0671. The fraction of sp³-hybridized carbons (Fsp3) is 0.474. The Kier molecular flexibility index (Phi) is 4.69. The molecule has 0 radical (unpaired) electrons. The Morgan fingerprint density at radius 2 is 1.88 bits per heavy atom. The lowest BCUT2D eigenvalue weighted by Crippen LogP contribution is -2.43. The average molecular weight is 354 g/mol. The molecule has 136 valence electrons. The Labute approximate surface area is 151 Å². The summed E-state index contributed by atoms with van der Waals surface area (Å²) in [5.41, 5.74) is 0.523. The second-order valence-electron chi connectivity index (χ2n) is 6.97. The summed E-state index contributed by atoms with van der Waals surface area (Å²) in [5, 5.41) is 2.90. The molecule has 1 saturated heterocycles. The van der Waals surface area contributed by atoms with Gasteiger partial charge in [-0.05, 0) is 37.8 Å². The second kappa shape index (κ2) is 7.27. The van der Waals surface area contributed by atoms with Crippen molar-refractivity contribution < 1.29 is 14.0 Å². The van der Waals surface area contributed by atoms with Gasteiger partial charge in [-0.1, -0.05) is 0 Å². The highest BCUT2D eigenvalue weighted by atomic mass is 16.3. The third-order valence-electron chi connectivity index (χ3n) is 5.03. The largest absolute Gasteiger partial charge is 0.467 e. The molecule has 0 spiro atoms. The molecule has 4 rings (SSSR count). The third-order valence-corrected chi connectivity index (χ3v) is 5.03. The first-order chi connectivity index (χ1) is 12.7. The first-order valence-corrected chi connectivity index (χ1v) is 9.12. The van der Waals surface area contributed by atoms with Crippen molar-refractivity contribution in [1.82, 2.24) is 20.2 Å². The fourth-order valence-electron chi connectivity index (χ4n) is 3.26. The average Bonchev–Trinajstić information content (AvgIpc) is 3.41. The fourth-order valence-corrected chi connectivity index (χ4v) is 3.26. The van der Waals surface area contributed by atoms with Crippen LogP contribution < -0.4 is 5.32 Å². The van der Waals surface area contributed by atoms with E-state index in [2.05, 4.69) is 15.3 Å². The number of aromatic nitrogens is 2. The van der Waals surface area contributed by atoms with E-state index < -0.39 is 0 Å². The Bertz CT molecular complexity index is 761. The van der Waals surface area contributed by atoms with E-state index in [1.165, 1.54) is 0 Å². The van der Waals surface area contributed by atoms with Crippen LogP contribution in [0.1, 0.15) is 53.5 Å². The number of piperidine rings is 1. The molecule has 7 nitrogen and oxygen atoms in total. The van der Waals surface area contributed by atoms with Gasteiger partial charge in [0, 0.05) is 37.3 Å². The van der Waals surface area contributed by atoms with Crippen molar-refractivity contribution in [3.63, 3.8) is 0 Å². The number of carbonyl (C=O) groups excluding carboxylic acids is 2. The van der Waals surface area contributed by atoms with Crippen molar-refractivity contribution in [1.29, 1.82) is 0 Å². The molecule has 2 aromatic heterocycles. The molecule has 0 bridgehead atoms. The van der Waals surface area contributed by atoms with Crippen LogP contribution in [0.2, 0.25) is 0 Å². The van der Waals surface area contributed by atoms with Crippen molar-refractivity contribution in [3.8, 4) is 0 Å². The van der Waals surface area contributed by atoms with E-state index in [1.54, 1.807) is 29.6 Å². The van der Waals surface area contributed by atoms with E-state index in [0.717, 1.165) is 24.4 Å². The molecule has 2 aliphatic rings. The first-order valence-electron chi connectivity index (χ1n) is 9.12. The topological polar surface area (TPSA) is 88.3 Å². The summed E-state index contributed by atoms with van der Waals surface area (Å²) in [4.78, 5) is 35.3. The van der Waals surface area contributed by atoms with Crippen molar-refractivity contribution in [2.24, 2.45) is 5.92 Å². The molecule has 1 saturated carbocycles. The number of hydrogen-bond acceptors (Lipinski definition) is 5. The predicted molar refractivity (Wildman–Crippen MR) is 93.2 cm³/mol. The normalized spacial score (nSPS) is 17.9. The van der Waals surface area contributed by atoms with E-state index in [1.807, 2.05) is 6.07 Å². The van der Waals surface area contributed by atoms with Crippen LogP contribution in [0.15, 0.2) is 35.2 Å². The van der Waals surface area contributed by atoms with Crippen molar-refractivity contribution in [3.05, 3.63) is 47.9 Å². The predicted octanol–water partition coefficient (Wildman–Crippen LogP) is 2.12. The number of rotatable bonds is 5. The summed E-state index contributed by atoms with van der Waals surface area (Å²) >= 11 is 0. The number of likely N-dealkylation sites (tertiary alicyclic amines) is 1. The highest BCUT2D eigenvalue weighted by Crippen LogP contribution is 2.37. The summed E-state index contributed by atoms with van der Waals surface area (Å²) < 4.78 is 5.22. The zero-order valence-electron chi connectivity index (χ0n) is 14.6. The van der Waals surface area contributed by atoms with Gasteiger partial charge in [-0.25, -0.2) is 9.97 Å². The zero-order valence-corrected chi connectivity index (χ0v) is 14.6. The molecule has 1 aliphatic heterocycles. The molecular formula is C19H22N4O3. The van der Waals surface area contributed by atoms with Crippen LogP contribution >= 0.6 is 0 Å². The first kappa shape index (κ1) is 16.8. The standard InChI is InChI=1S/C19H22N4O3/c24-18(22-12-16-2-1-9-26-16)14-5-7-23(8-6-14)19(25)15-10-20-17(21-11-15)13-3-4-13/h1-2,9-11,13-14H,3-8,12H2,(H,22,24). The Morgan fingerprint density at radius 1 is 1.15 bits per heavy atom. The number of carbonyl (C=O) groups is 2. The lowest BCUT2D eigenvalue weighted by atomic mass is 9.95. The number of hydrogen-bond donors (Lipinski definition) is 1. The number of nitrogens with one attached hydrogen (secondary N) is 1. The minimum absolute atomic E-state index is 0.0191. The molecule has 1 N–H and O–H groups in total. The van der Waals surface area contributed by atoms with E-state index in [4.69, 9.17) is 4.42 Å². The van der Waals surface area contributed by atoms with E-state index in [-0.39, 0.29) is 17.7 Å². The highest BCUT2D eigenvalue weighted by molar-refractivity contribution is 5.93. The van der Waals surface area contributed by atoms with E-state index >= 15 is 0 Å². The van der Waals surface area contributed by atoms with Crippen LogP contribution in [0.25, 0.3) is 0 Å². The number of amides is 2. The van der Waals surface area contributed by atoms with Gasteiger partial charge in [0.2, 0.25) is 5.91 Å². The van der Waals surface area contributed by atoms with Crippen LogP contribution in [0.3, 0.4) is 0 Å². The molecule has 7 heteroatoms. The Morgan fingerprint density at radius 3 is 2.50 bits per heavy atom. The second-order valence-corrected chi connectivity index (χ2v) is 6.97. The van der Waals surface area contributed by atoms with Crippen LogP contribution in [0.5, 0.6) is 0 Å². The van der Waals surface area contributed by atoms with Gasteiger partial charge in [0.1, 0.15) is 11.6 Å². The maximum absolute atomic E-state index is 12.6. The molecule has 0 unspecified atom stereocenters. The van der Waals surface area contributed by atoms with Gasteiger partial charge < -0.3 is 14.6 Å². The summed E-state index contributed by atoms with van der Waals surface area (Å²) in [6.07, 6.45) is 8.46. The van der Waals surface area contributed by atoms with Crippen molar-refractivity contribution >= 4 is 11.8 Å². The third kappa shape index (κ3) is 3.76. The summed E-state index contributed by atoms with van der Waals surface area (Å²) in [5.74, 6) is 1.96. The molecule has 2 amide bonds.